The topological polar surface area (TPSA) is 47.1 Å². The van der Waals surface area contributed by atoms with Gasteiger partial charge in [0.1, 0.15) is 5.82 Å². The molecule has 4 saturated carbocycles. The van der Waals surface area contributed by atoms with Crippen LogP contribution in [0.15, 0.2) is 6.07 Å². The summed E-state index contributed by atoms with van der Waals surface area (Å²) in [6.07, 6.45) is 7.24. The number of nitrogens with zero attached hydrogens (tertiary/aromatic N) is 3. The van der Waals surface area contributed by atoms with Gasteiger partial charge in [-0.25, -0.2) is 4.68 Å². The summed E-state index contributed by atoms with van der Waals surface area (Å²) in [6, 6.07) is 2.80. The number of anilines is 1. The molecular weight excluding hydrogens is 248 g/mol. The van der Waals surface area contributed by atoms with Crippen LogP contribution in [0.2, 0.25) is 0 Å². The van der Waals surface area contributed by atoms with Crippen LogP contribution in [0.4, 0.5) is 5.82 Å². The van der Waals surface area contributed by atoms with Gasteiger partial charge in [-0.3, -0.25) is 0 Å². The molecule has 0 radical (unpaired) electrons. The molecule has 0 aliphatic heterocycles. The monoisotopic (exact) mass is 274 g/mol. The highest BCUT2D eigenvalue weighted by Crippen LogP contribution is 2.58. The summed E-state index contributed by atoms with van der Waals surface area (Å²) in [4.78, 5) is 2.19. The SMILES string of the molecule is CN(C)c1cc(CN)nn1C1C2CC3CC(C2)CC1C3. The zero-order valence-corrected chi connectivity index (χ0v) is 12.6. The van der Waals surface area contributed by atoms with Crippen LogP contribution in [-0.2, 0) is 6.54 Å². The quantitative estimate of drug-likeness (QED) is 0.920. The molecule has 110 valence electrons. The van der Waals surface area contributed by atoms with Crippen LogP contribution in [0.3, 0.4) is 0 Å². The van der Waals surface area contributed by atoms with E-state index in [-0.39, 0.29) is 0 Å². The van der Waals surface area contributed by atoms with Crippen molar-refractivity contribution < 1.29 is 0 Å². The molecule has 4 aliphatic rings. The highest BCUT2D eigenvalue weighted by atomic mass is 15.4. The first-order chi connectivity index (χ1) is 9.65. The molecule has 4 aliphatic carbocycles. The van der Waals surface area contributed by atoms with Crippen LogP contribution in [0, 0.1) is 23.7 Å². The lowest BCUT2D eigenvalue weighted by molar-refractivity contribution is -0.0331. The number of nitrogens with two attached hydrogens (primary N) is 1. The van der Waals surface area contributed by atoms with E-state index in [1.54, 1.807) is 0 Å². The minimum Gasteiger partial charge on any atom is -0.363 e. The molecule has 4 bridgehead atoms. The Bertz CT molecular complexity index is 477. The molecule has 1 heterocycles. The summed E-state index contributed by atoms with van der Waals surface area (Å²) < 4.78 is 2.33. The van der Waals surface area contributed by atoms with Crippen molar-refractivity contribution in [3.05, 3.63) is 11.8 Å². The highest BCUT2D eigenvalue weighted by Gasteiger charge is 2.49. The Labute approximate surface area is 121 Å². The average Bonchev–Trinajstić information content (AvgIpc) is 2.81. The standard InChI is InChI=1S/C16H26N4/c1-19(2)15-8-14(9-17)18-20(15)16-12-4-10-3-11(6-12)7-13(16)5-10/h8,10-13,16H,3-7,9,17H2,1-2H3. The molecule has 0 spiro atoms. The Morgan fingerprint density at radius 2 is 1.75 bits per heavy atom. The van der Waals surface area contributed by atoms with Gasteiger partial charge in [0.25, 0.3) is 0 Å². The van der Waals surface area contributed by atoms with Crippen LogP contribution in [0.5, 0.6) is 0 Å². The molecule has 4 fully saturated rings. The normalized spacial score (nSPS) is 38.5. The summed E-state index contributed by atoms with van der Waals surface area (Å²) in [7, 11) is 4.23. The zero-order chi connectivity index (χ0) is 13.9. The third kappa shape index (κ3) is 1.80. The molecular formula is C16H26N4. The number of hydrogen-bond donors (Lipinski definition) is 1. The predicted molar refractivity (Wildman–Crippen MR) is 80.5 cm³/mol. The van der Waals surface area contributed by atoms with Crippen LogP contribution in [0.1, 0.15) is 43.8 Å². The van der Waals surface area contributed by atoms with Gasteiger partial charge in [-0.15, -0.1) is 0 Å². The maximum absolute atomic E-state index is 5.81. The van der Waals surface area contributed by atoms with E-state index in [0.29, 0.717) is 12.6 Å². The maximum atomic E-state index is 5.81. The fourth-order valence-electron chi connectivity index (χ4n) is 5.38. The van der Waals surface area contributed by atoms with E-state index < -0.39 is 0 Å². The number of rotatable bonds is 3. The molecule has 4 nitrogen and oxygen atoms in total. The third-order valence-electron chi connectivity index (χ3n) is 5.89. The molecule has 0 saturated heterocycles. The lowest BCUT2D eigenvalue weighted by atomic mass is 9.54. The van der Waals surface area contributed by atoms with Gasteiger partial charge in [-0.05, 0) is 55.8 Å². The summed E-state index contributed by atoms with van der Waals surface area (Å²) in [6.45, 7) is 0.543. The zero-order valence-electron chi connectivity index (χ0n) is 12.6. The fourth-order valence-corrected chi connectivity index (χ4v) is 5.38. The lowest BCUT2D eigenvalue weighted by Crippen LogP contribution is -2.46. The van der Waals surface area contributed by atoms with Crippen LogP contribution >= 0.6 is 0 Å². The van der Waals surface area contributed by atoms with Gasteiger partial charge < -0.3 is 10.6 Å². The summed E-state index contributed by atoms with van der Waals surface area (Å²) in [5, 5.41) is 4.85. The summed E-state index contributed by atoms with van der Waals surface area (Å²) in [5.74, 6) is 4.98. The van der Waals surface area contributed by atoms with Gasteiger partial charge >= 0.3 is 0 Å². The largest absolute Gasteiger partial charge is 0.363 e. The van der Waals surface area contributed by atoms with E-state index in [2.05, 4.69) is 29.7 Å². The van der Waals surface area contributed by atoms with Crippen molar-refractivity contribution in [2.24, 2.45) is 29.4 Å². The van der Waals surface area contributed by atoms with E-state index in [4.69, 9.17) is 10.8 Å². The second-order valence-corrected chi connectivity index (χ2v) is 7.46. The fraction of sp³-hybridized carbons (Fsp3) is 0.812. The van der Waals surface area contributed by atoms with E-state index in [9.17, 15) is 0 Å². The first-order valence-corrected chi connectivity index (χ1v) is 8.11. The summed E-state index contributed by atoms with van der Waals surface area (Å²) >= 11 is 0. The number of aromatic nitrogens is 2. The minimum absolute atomic E-state index is 0.543. The van der Waals surface area contributed by atoms with Crippen molar-refractivity contribution in [3.63, 3.8) is 0 Å². The predicted octanol–water partition coefficient (Wildman–Crippen LogP) is 2.41. The highest BCUT2D eigenvalue weighted by molar-refractivity contribution is 5.40. The molecule has 20 heavy (non-hydrogen) atoms. The molecule has 0 unspecified atom stereocenters. The molecule has 1 aromatic heterocycles. The van der Waals surface area contributed by atoms with Crippen molar-refractivity contribution >= 4 is 5.82 Å². The van der Waals surface area contributed by atoms with Crippen LogP contribution in [-0.4, -0.2) is 23.9 Å². The van der Waals surface area contributed by atoms with Crippen LogP contribution < -0.4 is 10.6 Å². The van der Waals surface area contributed by atoms with Gasteiger partial charge in [0.15, 0.2) is 0 Å². The van der Waals surface area contributed by atoms with Crippen LogP contribution in [0.25, 0.3) is 0 Å². The summed E-state index contributed by atoms with van der Waals surface area (Å²) in [5.41, 5.74) is 6.84. The van der Waals surface area contributed by atoms with Gasteiger partial charge in [0.2, 0.25) is 0 Å². The van der Waals surface area contributed by atoms with Gasteiger partial charge in [-0.1, -0.05) is 0 Å². The molecule has 5 rings (SSSR count). The lowest BCUT2D eigenvalue weighted by Gasteiger charge is -2.54. The van der Waals surface area contributed by atoms with Gasteiger partial charge in [0.05, 0.1) is 11.7 Å². The molecule has 0 aromatic carbocycles. The second-order valence-electron chi connectivity index (χ2n) is 7.46. The van der Waals surface area contributed by atoms with E-state index in [1.807, 2.05) is 0 Å². The Morgan fingerprint density at radius 1 is 1.15 bits per heavy atom. The second kappa shape index (κ2) is 4.48. The first-order valence-electron chi connectivity index (χ1n) is 8.11. The van der Waals surface area contributed by atoms with Gasteiger partial charge in [0, 0.05) is 26.7 Å². The van der Waals surface area contributed by atoms with E-state index in [0.717, 1.165) is 29.4 Å². The Kier molecular flexibility index (Phi) is 2.85. The Hall–Kier alpha value is -1.03. The van der Waals surface area contributed by atoms with Crippen molar-refractivity contribution in [1.29, 1.82) is 0 Å². The Morgan fingerprint density at radius 3 is 2.25 bits per heavy atom. The molecule has 1 aromatic rings. The van der Waals surface area contributed by atoms with Gasteiger partial charge in [-0.2, -0.15) is 5.10 Å². The maximum Gasteiger partial charge on any atom is 0.126 e. The Balaban J connectivity index is 1.72. The molecule has 0 atom stereocenters. The van der Waals surface area contributed by atoms with E-state index >= 15 is 0 Å². The number of hydrogen-bond acceptors (Lipinski definition) is 3. The minimum atomic E-state index is 0.543. The molecule has 2 N–H and O–H groups in total. The van der Waals surface area contributed by atoms with Crippen molar-refractivity contribution in [1.82, 2.24) is 9.78 Å². The van der Waals surface area contributed by atoms with Crippen molar-refractivity contribution in [2.75, 3.05) is 19.0 Å². The molecule has 0 amide bonds. The first kappa shape index (κ1) is 12.7. The van der Waals surface area contributed by atoms with Crippen molar-refractivity contribution in [2.45, 2.75) is 44.7 Å². The average molecular weight is 274 g/mol. The third-order valence-corrected chi connectivity index (χ3v) is 5.89. The smallest absolute Gasteiger partial charge is 0.126 e. The van der Waals surface area contributed by atoms with Crippen molar-refractivity contribution in [3.8, 4) is 0 Å². The molecule has 4 heteroatoms. The van der Waals surface area contributed by atoms with E-state index in [1.165, 1.54) is 37.9 Å².